The number of amides is 1. The van der Waals surface area contributed by atoms with E-state index in [-0.39, 0.29) is 40.2 Å². The molecule has 2 aliphatic heterocycles. The lowest BCUT2D eigenvalue weighted by Gasteiger charge is -2.30. The Morgan fingerprint density at radius 3 is 2.60 bits per heavy atom. The summed E-state index contributed by atoms with van der Waals surface area (Å²) in [5.74, 6) is 0.0229. The van der Waals surface area contributed by atoms with Crippen LogP contribution in [-0.4, -0.2) is 93.6 Å². The highest BCUT2D eigenvalue weighted by molar-refractivity contribution is 7.99. The van der Waals surface area contributed by atoms with Gasteiger partial charge in [0.25, 0.3) is 0 Å². The average molecular weight is 478 g/mol. The van der Waals surface area contributed by atoms with Crippen molar-refractivity contribution in [1.29, 1.82) is 0 Å². The second-order valence-electron chi connectivity index (χ2n) is 7.65. The molecule has 0 N–H and O–H groups in total. The van der Waals surface area contributed by atoms with Gasteiger partial charge in [-0.1, -0.05) is 11.8 Å². The zero-order chi connectivity index (χ0) is 21.9. The summed E-state index contributed by atoms with van der Waals surface area (Å²) in [7, 11) is -3.78. The van der Waals surface area contributed by atoms with Crippen molar-refractivity contribution in [3.05, 3.63) is 18.3 Å². The molecule has 168 valence electrons. The van der Waals surface area contributed by atoms with Crippen LogP contribution in [0.4, 0.5) is 0 Å². The predicted octanol–water partition coefficient (Wildman–Crippen LogP) is 0.619. The van der Waals surface area contributed by atoms with Crippen molar-refractivity contribution < 1.29 is 26.4 Å². The Hall–Kier alpha value is -1.21. The maximum Gasteiger partial charge on any atom is 0.244 e. The number of nitrogens with zero attached hydrogens (tertiary/aromatic N) is 3. The number of aromatic nitrogens is 1. The summed E-state index contributed by atoms with van der Waals surface area (Å²) in [6.45, 7) is 1.06. The van der Waals surface area contributed by atoms with Crippen molar-refractivity contribution in [1.82, 2.24) is 14.2 Å². The summed E-state index contributed by atoms with van der Waals surface area (Å²) < 4.78 is 54.8. The Morgan fingerprint density at radius 1 is 1.30 bits per heavy atom. The number of pyridine rings is 1. The van der Waals surface area contributed by atoms with E-state index in [2.05, 4.69) is 4.98 Å². The molecule has 2 saturated heterocycles. The van der Waals surface area contributed by atoms with Gasteiger partial charge in [-0.2, -0.15) is 0 Å². The van der Waals surface area contributed by atoms with Gasteiger partial charge in [-0.3, -0.25) is 4.79 Å². The molecule has 0 spiro atoms. The third-order valence-corrected chi connectivity index (χ3v) is 9.70. The second kappa shape index (κ2) is 9.51. The summed E-state index contributed by atoms with van der Waals surface area (Å²) in [6, 6.07) is 2.70. The number of ether oxygens (including phenoxy) is 1. The maximum absolute atomic E-state index is 12.9. The molecule has 0 saturated carbocycles. The molecule has 1 aromatic heterocycles. The molecule has 1 amide bonds. The summed E-state index contributed by atoms with van der Waals surface area (Å²) in [6.07, 6.45) is 3.46. The largest absolute Gasteiger partial charge is 0.376 e. The molecular weight excluding hydrogens is 450 g/mol. The second-order valence-corrected chi connectivity index (χ2v) is 13.0. The molecule has 0 bridgehead atoms. The Morgan fingerprint density at radius 2 is 2.07 bits per heavy atom. The van der Waals surface area contributed by atoms with Crippen molar-refractivity contribution >= 4 is 37.5 Å². The molecule has 9 nitrogen and oxygen atoms in total. The number of sulfone groups is 1. The molecule has 0 aromatic carbocycles. The molecule has 0 radical (unpaired) electrons. The fourth-order valence-corrected chi connectivity index (χ4v) is 6.82. The van der Waals surface area contributed by atoms with Gasteiger partial charge in [-0.25, -0.2) is 26.1 Å². The minimum atomic E-state index is -3.56. The van der Waals surface area contributed by atoms with Gasteiger partial charge in [0.05, 0.1) is 28.4 Å². The number of carbonyl (C=O) groups excluding carboxylic acids is 1. The third kappa shape index (κ3) is 5.72. The van der Waals surface area contributed by atoms with Gasteiger partial charge in [0.15, 0.2) is 9.84 Å². The van der Waals surface area contributed by atoms with Crippen LogP contribution < -0.4 is 0 Å². The Balaban J connectivity index is 1.65. The van der Waals surface area contributed by atoms with Gasteiger partial charge >= 0.3 is 0 Å². The quantitative estimate of drug-likeness (QED) is 0.501. The molecule has 0 aliphatic carbocycles. The molecule has 2 aliphatic rings. The Bertz CT molecular complexity index is 957. The van der Waals surface area contributed by atoms with Crippen LogP contribution >= 0.6 is 11.8 Å². The van der Waals surface area contributed by atoms with Crippen molar-refractivity contribution in [2.75, 3.05) is 44.5 Å². The fraction of sp³-hybridized carbons (Fsp3) is 0.667. The highest BCUT2D eigenvalue weighted by atomic mass is 32.2. The van der Waals surface area contributed by atoms with Gasteiger partial charge in [0.2, 0.25) is 15.9 Å². The number of rotatable bonds is 8. The number of sulfonamides is 1. The highest BCUT2D eigenvalue weighted by Crippen LogP contribution is 2.24. The van der Waals surface area contributed by atoms with E-state index in [9.17, 15) is 21.6 Å². The maximum atomic E-state index is 12.9. The van der Waals surface area contributed by atoms with Gasteiger partial charge in [0.1, 0.15) is 4.90 Å². The molecule has 2 atom stereocenters. The monoisotopic (exact) mass is 477 g/mol. The van der Waals surface area contributed by atoms with E-state index in [0.29, 0.717) is 24.6 Å². The molecule has 3 heterocycles. The van der Waals surface area contributed by atoms with E-state index in [0.717, 1.165) is 17.1 Å². The molecule has 1 aromatic rings. The number of hydrogen-bond acceptors (Lipinski definition) is 8. The summed E-state index contributed by atoms with van der Waals surface area (Å²) in [4.78, 5) is 18.8. The van der Waals surface area contributed by atoms with Gasteiger partial charge in [-0.15, -0.1) is 0 Å². The molecule has 0 unspecified atom stereocenters. The van der Waals surface area contributed by atoms with E-state index in [4.69, 9.17) is 4.74 Å². The lowest BCUT2D eigenvalue weighted by molar-refractivity contribution is -0.131. The number of hydrogen-bond donors (Lipinski definition) is 0. The third-order valence-electron chi connectivity index (χ3n) is 5.23. The van der Waals surface area contributed by atoms with E-state index in [1.807, 2.05) is 0 Å². The van der Waals surface area contributed by atoms with Gasteiger partial charge in [0, 0.05) is 39.5 Å². The lowest BCUT2D eigenvalue weighted by Crippen LogP contribution is -2.46. The van der Waals surface area contributed by atoms with Crippen LogP contribution in [0.15, 0.2) is 28.3 Å². The van der Waals surface area contributed by atoms with Crippen molar-refractivity contribution in [3.63, 3.8) is 0 Å². The highest BCUT2D eigenvalue weighted by Gasteiger charge is 2.36. The first-order chi connectivity index (χ1) is 14.1. The normalized spacial score (nSPS) is 23.7. The SMILES string of the molecule is CN(C)S(=O)(=O)c1ccc(SCC(=O)N(C[C@@H]2CCCO2)[C@@H]2CCS(=O)(=O)C2)nc1. The molecular formula is C18H27N3O6S3. The first-order valence-corrected chi connectivity index (χ1v) is 14.0. The zero-order valence-corrected chi connectivity index (χ0v) is 19.5. The van der Waals surface area contributed by atoms with E-state index < -0.39 is 19.9 Å². The summed E-state index contributed by atoms with van der Waals surface area (Å²) in [5.41, 5.74) is 0. The van der Waals surface area contributed by atoms with Crippen LogP contribution in [0.3, 0.4) is 0 Å². The molecule has 3 rings (SSSR count). The summed E-state index contributed by atoms with van der Waals surface area (Å²) in [5, 5.41) is 0.525. The van der Waals surface area contributed by atoms with E-state index in [1.54, 1.807) is 11.0 Å². The van der Waals surface area contributed by atoms with E-state index >= 15 is 0 Å². The molecule has 12 heteroatoms. The first kappa shape index (κ1) is 23.5. The topological polar surface area (TPSA) is 114 Å². The van der Waals surface area contributed by atoms with Crippen molar-refractivity contribution in [3.8, 4) is 0 Å². The minimum absolute atomic E-state index is 0.00846. The number of carbonyl (C=O) groups is 1. The molecule has 30 heavy (non-hydrogen) atoms. The van der Waals surface area contributed by atoms with Crippen LogP contribution in [0.1, 0.15) is 19.3 Å². The zero-order valence-electron chi connectivity index (χ0n) is 17.1. The Kier molecular flexibility index (Phi) is 7.44. The van der Waals surface area contributed by atoms with Crippen molar-refractivity contribution in [2.24, 2.45) is 0 Å². The van der Waals surface area contributed by atoms with Gasteiger partial charge in [-0.05, 0) is 31.4 Å². The van der Waals surface area contributed by atoms with Gasteiger partial charge < -0.3 is 9.64 Å². The summed E-state index contributed by atoms with van der Waals surface area (Å²) >= 11 is 1.20. The van der Waals surface area contributed by atoms with Crippen LogP contribution in [0, 0.1) is 0 Å². The van der Waals surface area contributed by atoms with Crippen LogP contribution in [0.25, 0.3) is 0 Å². The van der Waals surface area contributed by atoms with Crippen LogP contribution in [-0.2, 0) is 29.4 Å². The standard InChI is InChI=1S/C18H27N3O6S3/c1-20(2)30(25,26)16-5-6-17(19-10-16)28-12-18(22)21(11-15-4-3-8-27-15)14-7-9-29(23,24)13-14/h5-6,10,14-15H,3-4,7-9,11-13H2,1-2H3/t14-,15+/m1/s1. The lowest BCUT2D eigenvalue weighted by atomic mass is 10.1. The number of thioether (sulfide) groups is 1. The van der Waals surface area contributed by atoms with Crippen LogP contribution in [0.2, 0.25) is 0 Å². The molecule has 2 fully saturated rings. The smallest absolute Gasteiger partial charge is 0.244 e. The average Bonchev–Trinajstić information content (AvgIpc) is 3.33. The fourth-order valence-electron chi connectivity index (χ4n) is 3.52. The van der Waals surface area contributed by atoms with Crippen molar-refractivity contribution in [2.45, 2.75) is 41.3 Å². The Labute approximate surface area is 182 Å². The first-order valence-electron chi connectivity index (χ1n) is 9.71. The van der Waals surface area contributed by atoms with Crippen LogP contribution in [0.5, 0.6) is 0 Å². The predicted molar refractivity (Wildman–Crippen MR) is 114 cm³/mol. The van der Waals surface area contributed by atoms with E-state index in [1.165, 1.54) is 38.1 Å². The minimum Gasteiger partial charge on any atom is -0.376 e.